The molecule has 1 aromatic heterocycles. The molecule has 3 nitrogen and oxygen atoms in total. The first-order valence-corrected chi connectivity index (χ1v) is 6.38. The van der Waals surface area contributed by atoms with Crippen LogP contribution in [0.1, 0.15) is 38.9 Å². The molecule has 1 heterocycles. The second-order valence-corrected chi connectivity index (χ2v) is 4.79. The third kappa shape index (κ3) is 3.61. The first-order valence-electron chi connectivity index (χ1n) is 5.59. The van der Waals surface area contributed by atoms with Crippen LogP contribution in [0, 0.1) is 0 Å². The maximum atomic E-state index is 4.36. The van der Waals surface area contributed by atoms with Gasteiger partial charge in [0.2, 0.25) is 0 Å². The summed E-state index contributed by atoms with van der Waals surface area (Å²) in [5, 5.41) is 7.70. The van der Waals surface area contributed by atoms with E-state index in [4.69, 9.17) is 0 Å². The summed E-state index contributed by atoms with van der Waals surface area (Å²) in [5.74, 6) is 0. The number of aromatic nitrogens is 2. The molecular formula is C11H20BrN3. The Balaban J connectivity index is 2.54. The highest BCUT2D eigenvalue weighted by Crippen LogP contribution is 2.20. The Morgan fingerprint density at radius 3 is 2.87 bits per heavy atom. The lowest BCUT2D eigenvalue weighted by Crippen LogP contribution is -2.16. The third-order valence-corrected chi connectivity index (χ3v) is 3.02. The van der Waals surface area contributed by atoms with E-state index in [9.17, 15) is 0 Å². The molecule has 15 heavy (non-hydrogen) atoms. The van der Waals surface area contributed by atoms with Gasteiger partial charge in [0.15, 0.2) is 0 Å². The van der Waals surface area contributed by atoms with Crippen molar-refractivity contribution in [1.29, 1.82) is 0 Å². The highest BCUT2D eigenvalue weighted by Gasteiger charge is 2.10. The summed E-state index contributed by atoms with van der Waals surface area (Å²) in [4.78, 5) is 0. The minimum absolute atomic E-state index is 0.436. The Bertz CT molecular complexity index is 294. The molecular weight excluding hydrogens is 254 g/mol. The molecule has 1 rings (SSSR count). The van der Waals surface area contributed by atoms with Gasteiger partial charge in [-0.15, -0.1) is 0 Å². The zero-order valence-corrected chi connectivity index (χ0v) is 11.3. The minimum atomic E-state index is 0.436. The van der Waals surface area contributed by atoms with E-state index in [1.165, 1.54) is 5.69 Å². The fourth-order valence-electron chi connectivity index (χ4n) is 1.60. The molecule has 1 aromatic rings. The quantitative estimate of drug-likeness (QED) is 0.808. The average molecular weight is 274 g/mol. The molecule has 0 radical (unpaired) electrons. The van der Waals surface area contributed by atoms with Gasteiger partial charge in [-0.1, -0.05) is 6.92 Å². The molecule has 4 heteroatoms. The SMILES string of the molecule is CCNCCCc1c(Br)cnn1C(C)C. The van der Waals surface area contributed by atoms with Gasteiger partial charge in [-0.25, -0.2) is 0 Å². The van der Waals surface area contributed by atoms with Gasteiger partial charge < -0.3 is 5.32 Å². The summed E-state index contributed by atoms with van der Waals surface area (Å²) in [6, 6.07) is 0.436. The number of hydrogen-bond donors (Lipinski definition) is 1. The van der Waals surface area contributed by atoms with Crippen LogP contribution in [0.15, 0.2) is 10.7 Å². The predicted octanol–water partition coefficient (Wildman–Crippen LogP) is 2.77. The molecule has 0 aromatic carbocycles. The molecule has 0 aliphatic heterocycles. The molecule has 0 aliphatic carbocycles. The second-order valence-electron chi connectivity index (χ2n) is 3.93. The Labute approximate surface area is 100 Å². The number of nitrogens with zero attached hydrogens (tertiary/aromatic N) is 2. The van der Waals surface area contributed by atoms with Gasteiger partial charge in [0, 0.05) is 6.04 Å². The van der Waals surface area contributed by atoms with Gasteiger partial charge in [0.1, 0.15) is 0 Å². The van der Waals surface area contributed by atoms with Crippen molar-refractivity contribution in [3.8, 4) is 0 Å². The predicted molar refractivity (Wildman–Crippen MR) is 67.2 cm³/mol. The van der Waals surface area contributed by atoms with Gasteiger partial charge in [-0.2, -0.15) is 5.10 Å². The second kappa shape index (κ2) is 6.28. The van der Waals surface area contributed by atoms with E-state index >= 15 is 0 Å². The van der Waals surface area contributed by atoms with Crippen molar-refractivity contribution in [1.82, 2.24) is 15.1 Å². The van der Waals surface area contributed by atoms with Crippen molar-refractivity contribution in [2.24, 2.45) is 0 Å². The van der Waals surface area contributed by atoms with E-state index in [0.717, 1.165) is 30.4 Å². The molecule has 0 saturated heterocycles. The van der Waals surface area contributed by atoms with E-state index in [2.05, 4.69) is 51.8 Å². The molecule has 0 bridgehead atoms. The van der Waals surface area contributed by atoms with Crippen LogP contribution in [0.3, 0.4) is 0 Å². The van der Waals surface area contributed by atoms with Crippen molar-refractivity contribution in [3.05, 3.63) is 16.4 Å². The number of halogens is 1. The summed E-state index contributed by atoms with van der Waals surface area (Å²) < 4.78 is 3.23. The average Bonchev–Trinajstić information content (AvgIpc) is 2.55. The first kappa shape index (κ1) is 12.7. The Kier molecular flexibility index (Phi) is 5.32. The maximum Gasteiger partial charge on any atom is 0.0635 e. The molecule has 1 N–H and O–H groups in total. The molecule has 0 atom stereocenters. The summed E-state index contributed by atoms with van der Waals surface area (Å²) in [6.07, 6.45) is 4.12. The van der Waals surface area contributed by atoms with Crippen LogP contribution in [-0.2, 0) is 6.42 Å². The lowest BCUT2D eigenvalue weighted by atomic mass is 10.2. The van der Waals surface area contributed by atoms with Gasteiger partial charge >= 0.3 is 0 Å². The lowest BCUT2D eigenvalue weighted by molar-refractivity contribution is 0.502. The molecule has 0 fully saturated rings. The number of nitrogens with one attached hydrogen (secondary N) is 1. The maximum absolute atomic E-state index is 4.36. The molecule has 0 amide bonds. The Hall–Kier alpha value is -0.350. The minimum Gasteiger partial charge on any atom is -0.317 e. The van der Waals surface area contributed by atoms with Crippen LogP contribution in [0.25, 0.3) is 0 Å². The van der Waals surface area contributed by atoms with Crippen LogP contribution in [-0.4, -0.2) is 22.9 Å². The van der Waals surface area contributed by atoms with Crippen LogP contribution in [0.2, 0.25) is 0 Å². The van der Waals surface area contributed by atoms with Crippen molar-refractivity contribution in [2.45, 2.75) is 39.7 Å². The fourth-order valence-corrected chi connectivity index (χ4v) is 2.07. The van der Waals surface area contributed by atoms with Crippen LogP contribution >= 0.6 is 15.9 Å². The summed E-state index contributed by atoms with van der Waals surface area (Å²) in [6.45, 7) is 8.57. The summed E-state index contributed by atoms with van der Waals surface area (Å²) in [7, 11) is 0. The lowest BCUT2D eigenvalue weighted by Gasteiger charge is -2.11. The summed E-state index contributed by atoms with van der Waals surface area (Å²) >= 11 is 3.55. The van der Waals surface area contributed by atoms with Gasteiger partial charge in [0.05, 0.1) is 16.4 Å². The highest BCUT2D eigenvalue weighted by molar-refractivity contribution is 9.10. The van der Waals surface area contributed by atoms with E-state index in [1.807, 2.05) is 6.20 Å². The zero-order valence-electron chi connectivity index (χ0n) is 9.76. The fraction of sp³-hybridized carbons (Fsp3) is 0.727. The molecule has 86 valence electrons. The van der Waals surface area contributed by atoms with Gasteiger partial charge in [-0.05, 0) is 55.7 Å². The van der Waals surface area contributed by atoms with E-state index < -0.39 is 0 Å². The van der Waals surface area contributed by atoms with E-state index in [1.54, 1.807) is 0 Å². The number of hydrogen-bond acceptors (Lipinski definition) is 2. The first-order chi connectivity index (χ1) is 7.16. The van der Waals surface area contributed by atoms with Crippen LogP contribution in [0.4, 0.5) is 0 Å². The largest absolute Gasteiger partial charge is 0.317 e. The third-order valence-electron chi connectivity index (χ3n) is 2.35. The van der Waals surface area contributed by atoms with Crippen molar-refractivity contribution < 1.29 is 0 Å². The molecule has 0 aliphatic rings. The van der Waals surface area contributed by atoms with E-state index in [0.29, 0.717) is 6.04 Å². The monoisotopic (exact) mass is 273 g/mol. The van der Waals surface area contributed by atoms with Crippen LogP contribution < -0.4 is 5.32 Å². The molecule has 0 saturated carbocycles. The smallest absolute Gasteiger partial charge is 0.0635 e. The van der Waals surface area contributed by atoms with Crippen molar-refractivity contribution >= 4 is 15.9 Å². The highest BCUT2D eigenvalue weighted by atomic mass is 79.9. The van der Waals surface area contributed by atoms with Crippen LogP contribution in [0.5, 0.6) is 0 Å². The zero-order chi connectivity index (χ0) is 11.3. The Morgan fingerprint density at radius 2 is 2.27 bits per heavy atom. The van der Waals surface area contributed by atoms with Gasteiger partial charge in [-0.3, -0.25) is 4.68 Å². The van der Waals surface area contributed by atoms with E-state index in [-0.39, 0.29) is 0 Å². The standard InChI is InChI=1S/C11H20BrN3/c1-4-13-7-5-6-11-10(12)8-14-15(11)9(2)3/h8-9,13H,4-7H2,1-3H3. The van der Waals surface area contributed by atoms with Crippen molar-refractivity contribution in [2.75, 3.05) is 13.1 Å². The normalized spacial score (nSPS) is 11.3. The molecule has 0 spiro atoms. The van der Waals surface area contributed by atoms with Gasteiger partial charge in [0.25, 0.3) is 0 Å². The number of rotatable bonds is 6. The summed E-state index contributed by atoms with van der Waals surface area (Å²) in [5.41, 5.74) is 1.31. The van der Waals surface area contributed by atoms with Crippen molar-refractivity contribution in [3.63, 3.8) is 0 Å². The Morgan fingerprint density at radius 1 is 1.53 bits per heavy atom. The molecule has 0 unspecified atom stereocenters. The topological polar surface area (TPSA) is 29.9 Å².